The maximum atomic E-state index is 12.9. The molecule has 2 nitrogen and oxygen atoms in total. The number of hydrogen-bond donors (Lipinski definition) is 1. The van der Waals surface area contributed by atoms with Crippen LogP contribution in [-0.4, -0.2) is 4.98 Å². The summed E-state index contributed by atoms with van der Waals surface area (Å²) in [6.07, 6.45) is 2.36. The van der Waals surface area contributed by atoms with E-state index in [0.717, 1.165) is 11.1 Å². The van der Waals surface area contributed by atoms with Crippen LogP contribution in [0.2, 0.25) is 5.02 Å². The van der Waals surface area contributed by atoms with E-state index >= 15 is 0 Å². The molecule has 2 rings (SSSR count). The van der Waals surface area contributed by atoms with Crippen LogP contribution in [0.4, 0.5) is 10.2 Å². The van der Waals surface area contributed by atoms with E-state index in [-0.39, 0.29) is 5.02 Å². The summed E-state index contributed by atoms with van der Waals surface area (Å²) in [6, 6.07) is 8.31. The topological polar surface area (TPSA) is 38.9 Å². The number of hydrogen-bond acceptors (Lipinski definition) is 2. The largest absolute Gasteiger partial charge is 0.384 e. The van der Waals surface area contributed by atoms with Crippen molar-refractivity contribution >= 4 is 17.4 Å². The first-order valence-corrected chi connectivity index (χ1v) is 5.17. The number of pyridine rings is 1. The molecule has 0 bridgehead atoms. The van der Waals surface area contributed by atoms with Crippen molar-refractivity contribution in [2.75, 3.05) is 5.73 Å². The maximum Gasteiger partial charge on any atom is 0.141 e. The molecule has 0 spiro atoms. The Balaban J connectivity index is 2.20. The molecular weight excluding hydrogens is 227 g/mol. The van der Waals surface area contributed by atoms with E-state index in [2.05, 4.69) is 4.98 Å². The second-order valence-corrected chi connectivity index (χ2v) is 3.92. The van der Waals surface area contributed by atoms with Gasteiger partial charge in [0, 0.05) is 6.20 Å². The quantitative estimate of drug-likeness (QED) is 0.871. The van der Waals surface area contributed by atoms with Gasteiger partial charge in [0.1, 0.15) is 11.6 Å². The predicted molar refractivity (Wildman–Crippen MR) is 62.9 cm³/mol. The van der Waals surface area contributed by atoms with Crippen molar-refractivity contribution in [1.29, 1.82) is 0 Å². The third kappa shape index (κ3) is 2.49. The molecule has 2 N–H and O–H groups in total. The van der Waals surface area contributed by atoms with Gasteiger partial charge in [0.2, 0.25) is 0 Å². The summed E-state index contributed by atoms with van der Waals surface area (Å²) in [5, 5.41) is 0.140. The van der Waals surface area contributed by atoms with E-state index in [9.17, 15) is 4.39 Å². The van der Waals surface area contributed by atoms with E-state index in [0.29, 0.717) is 12.2 Å². The fourth-order valence-corrected chi connectivity index (χ4v) is 1.63. The predicted octanol–water partition coefficient (Wildman–Crippen LogP) is 3.05. The Hall–Kier alpha value is -1.61. The third-order valence-electron chi connectivity index (χ3n) is 2.24. The van der Waals surface area contributed by atoms with Crippen molar-refractivity contribution < 1.29 is 4.39 Å². The van der Waals surface area contributed by atoms with Crippen molar-refractivity contribution in [3.63, 3.8) is 0 Å². The number of halogens is 2. The molecule has 1 heterocycles. The zero-order valence-corrected chi connectivity index (χ0v) is 9.21. The maximum absolute atomic E-state index is 12.9. The molecule has 0 aliphatic rings. The summed E-state index contributed by atoms with van der Waals surface area (Å²) < 4.78 is 12.9. The minimum absolute atomic E-state index is 0.140. The van der Waals surface area contributed by atoms with Crippen LogP contribution in [0.25, 0.3) is 0 Å². The van der Waals surface area contributed by atoms with Gasteiger partial charge in [-0.25, -0.2) is 9.37 Å². The van der Waals surface area contributed by atoms with Crippen molar-refractivity contribution in [2.45, 2.75) is 6.42 Å². The number of benzene rings is 1. The molecule has 4 heteroatoms. The number of anilines is 1. The summed E-state index contributed by atoms with van der Waals surface area (Å²) in [4.78, 5) is 3.99. The smallest absolute Gasteiger partial charge is 0.141 e. The molecule has 0 aliphatic carbocycles. The zero-order chi connectivity index (χ0) is 11.5. The Morgan fingerprint density at radius 2 is 1.94 bits per heavy atom. The average molecular weight is 237 g/mol. The number of aromatic nitrogens is 1. The van der Waals surface area contributed by atoms with Gasteiger partial charge in [0.15, 0.2) is 0 Å². The van der Waals surface area contributed by atoms with Gasteiger partial charge >= 0.3 is 0 Å². The Morgan fingerprint density at radius 1 is 1.19 bits per heavy atom. The van der Waals surface area contributed by atoms with Gasteiger partial charge in [-0.2, -0.15) is 0 Å². The van der Waals surface area contributed by atoms with Gasteiger partial charge < -0.3 is 5.73 Å². The van der Waals surface area contributed by atoms with Crippen molar-refractivity contribution in [2.24, 2.45) is 0 Å². The highest BCUT2D eigenvalue weighted by Crippen LogP contribution is 2.18. The molecule has 1 aromatic carbocycles. The second kappa shape index (κ2) is 4.49. The standard InChI is InChI=1S/C12H10ClFN2/c13-10-6-8(1-3-11(10)14)5-9-2-4-12(15)16-7-9/h1-4,6-7H,5H2,(H2,15,16). The first-order chi connectivity index (χ1) is 7.65. The van der Waals surface area contributed by atoms with Crippen LogP contribution < -0.4 is 5.73 Å². The molecule has 16 heavy (non-hydrogen) atoms. The Kier molecular flexibility index (Phi) is 3.06. The molecule has 0 radical (unpaired) electrons. The van der Waals surface area contributed by atoms with Crippen LogP contribution in [0, 0.1) is 5.82 Å². The Bertz CT molecular complexity index is 497. The lowest BCUT2D eigenvalue weighted by Crippen LogP contribution is -1.93. The third-order valence-corrected chi connectivity index (χ3v) is 2.53. The number of nitrogens with zero attached hydrogens (tertiary/aromatic N) is 1. The number of rotatable bonds is 2. The average Bonchev–Trinajstić information content (AvgIpc) is 2.27. The highest BCUT2D eigenvalue weighted by Gasteiger charge is 2.02. The minimum atomic E-state index is -0.402. The molecule has 0 aliphatic heterocycles. The fraction of sp³-hybridized carbons (Fsp3) is 0.0833. The monoisotopic (exact) mass is 236 g/mol. The van der Waals surface area contributed by atoms with Crippen molar-refractivity contribution in [1.82, 2.24) is 4.98 Å². The van der Waals surface area contributed by atoms with E-state index in [1.165, 1.54) is 6.07 Å². The van der Waals surface area contributed by atoms with Gasteiger partial charge in [-0.1, -0.05) is 23.7 Å². The normalized spacial score (nSPS) is 10.4. The Morgan fingerprint density at radius 3 is 2.56 bits per heavy atom. The number of nitrogens with two attached hydrogens (primary N) is 1. The number of nitrogen functional groups attached to an aromatic ring is 1. The van der Waals surface area contributed by atoms with Gasteiger partial charge in [-0.3, -0.25) is 0 Å². The SMILES string of the molecule is Nc1ccc(Cc2ccc(F)c(Cl)c2)cn1. The Labute approximate surface area is 97.9 Å². The van der Waals surface area contributed by atoms with E-state index in [1.807, 2.05) is 6.07 Å². The summed E-state index contributed by atoms with van der Waals surface area (Å²) >= 11 is 5.69. The highest BCUT2D eigenvalue weighted by atomic mass is 35.5. The lowest BCUT2D eigenvalue weighted by atomic mass is 10.1. The van der Waals surface area contributed by atoms with E-state index in [1.54, 1.807) is 24.4 Å². The van der Waals surface area contributed by atoms with Crippen LogP contribution >= 0.6 is 11.6 Å². The molecule has 0 saturated heterocycles. The molecular formula is C12H10ClFN2. The van der Waals surface area contributed by atoms with Gasteiger partial charge in [0.05, 0.1) is 5.02 Å². The van der Waals surface area contributed by atoms with Crippen molar-refractivity contribution in [3.05, 3.63) is 58.5 Å². The van der Waals surface area contributed by atoms with E-state index < -0.39 is 5.82 Å². The van der Waals surface area contributed by atoms with Gasteiger partial charge in [-0.15, -0.1) is 0 Å². The molecule has 0 fully saturated rings. The lowest BCUT2D eigenvalue weighted by molar-refractivity contribution is 0.627. The van der Waals surface area contributed by atoms with Crippen LogP contribution in [0.5, 0.6) is 0 Å². The molecule has 0 amide bonds. The fourth-order valence-electron chi connectivity index (χ4n) is 1.43. The molecule has 2 aromatic rings. The summed E-state index contributed by atoms with van der Waals surface area (Å²) in [5.74, 6) is 0.0849. The van der Waals surface area contributed by atoms with Crippen LogP contribution in [0.15, 0.2) is 36.5 Å². The summed E-state index contributed by atoms with van der Waals surface area (Å²) in [6.45, 7) is 0. The van der Waals surface area contributed by atoms with Crippen LogP contribution in [0.1, 0.15) is 11.1 Å². The van der Waals surface area contributed by atoms with Crippen LogP contribution in [0.3, 0.4) is 0 Å². The van der Waals surface area contributed by atoms with Gasteiger partial charge in [-0.05, 0) is 35.7 Å². The summed E-state index contributed by atoms with van der Waals surface area (Å²) in [5.41, 5.74) is 7.44. The molecule has 82 valence electrons. The zero-order valence-electron chi connectivity index (χ0n) is 8.45. The van der Waals surface area contributed by atoms with E-state index in [4.69, 9.17) is 17.3 Å². The van der Waals surface area contributed by atoms with Crippen molar-refractivity contribution in [3.8, 4) is 0 Å². The van der Waals surface area contributed by atoms with Gasteiger partial charge in [0.25, 0.3) is 0 Å². The first-order valence-electron chi connectivity index (χ1n) is 4.79. The van der Waals surface area contributed by atoms with Crippen LogP contribution in [-0.2, 0) is 6.42 Å². The molecule has 0 atom stereocenters. The molecule has 0 saturated carbocycles. The highest BCUT2D eigenvalue weighted by molar-refractivity contribution is 6.30. The lowest BCUT2D eigenvalue weighted by Gasteiger charge is -2.03. The first kappa shape index (κ1) is 10.9. The molecule has 0 unspecified atom stereocenters. The molecule has 1 aromatic heterocycles. The second-order valence-electron chi connectivity index (χ2n) is 3.52. The minimum Gasteiger partial charge on any atom is -0.384 e. The summed E-state index contributed by atoms with van der Waals surface area (Å²) in [7, 11) is 0.